The third kappa shape index (κ3) is 2.87. The maximum atomic E-state index is 12.7. The van der Waals surface area contributed by atoms with Crippen molar-refractivity contribution in [2.75, 3.05) is 0 Å². The number of hydrogen-bond acceptors (Lipinski definition) is 3. The first-order valence-corrected chi connectivity index (χ1v) is 9.11. The Morgan fingerprint density at radius 1 is 0.964 bits per heavy atom. The van der Waals surface area contributed by atoms with Crippen molar-refractivity contribution in [3.05, 3.63) is 95.6 Å². The van der Waals surface area contributed by atoms with Gasteiger partial charge in [-0.15, -0.1) is 0 Å². The number of pyridine rings is 1. The molecule has 136 valence electrons. The van der Waals surface area contributed by atoms with Crippen LogP contribution in [0.5, 0.6) is 0 Å². The minimum atomic E-state index is -0.0523. The fourth-order valence-corrected chi connectivity index (χ4v) is 3.63. The van der Waals surface area contributed by atoms with Crippen molar-refractivity contribution in [1.29, 1.82) is 0 Å². The first-order valence-electron chi connectivity index (χ1n) is 9.11. The molecule has 3 heterocycles. The normalized spacial score (nSPS) is 11.3. The van der Waals surface area contributed by atoms with Gasteiger partial charge in [0.15, 0.2) is 0 Å². The van der Waals surface area contributed by atoms with Crippen molar-refractivity contribution in [2.24, 2.45) is 7.05 Å². The third-order valence-electron chi connectivity index (χ3n) is 5.01. The van der Waals surface area contributed by atoms with E-state index in [1.165, 1.54) is 10.8 Å². The van der Waals surface area contributed by atoms with Gasteiger partial charge in [-0.3, -0.25) is 14.3 Å². The first-order chi connectivity index (χ1) is 13.7. The van der Waals surface area contributed by atoms with E-state index in [0.29, 0.717) is 17.4 Å². The Balaban J connectivity index is 1.52. The van der Waals surface area contributed by atoms with Gasteiger partial charge in [0, 0.05) is 25.6 Å². The number of rotatable bonds is 3. The number of hydrogen-bond donors (Lipinski definition) is 0. The third-order valence-corrected chi connectivity index (χ3v) is 5.01. The molecule has 5 nitrogen and oxygen atoms in total. The van der Waals surface area contributed by atoms with Crippen molar-refractivity contribution in [1.82, 2.24) is 19.1 Å². The van der Waals surface area contributed by atoms with Crippen LogP contribution in [0.2, 0.25) is 0 Å². The van der Waals surface area contributed by atoms with E-state index >= 15 is 0 Å². The molecule has 5 heteroatoms. The average Bonchev–Trinajstić information content (AvgIpc) is 3.10. The molecule has 0 saturated carbocycles. The summed E-state index contributed by atoms with van der Waals surface area (Å²) in [5.41, 5.74) is 3.92. The first kappa shape index (κ1) is 16.4. The van der Waals surface area contributed by atoms with Crippen LogP contribution in [0.4, 0.5) is 0 Å². The quantitative estimate of drug-likeness (QED) is 0.485. The van der Waals surface area contributed by atoms with Gasteiger partial charge < -0.3 is 4.57 Å². The van der Waals surface area contributed by atoms with Crippen molar-refractivity contribution in [2.45, 2.75) is 6.54 Å². The standard InChI is InChI=1S/C23H18N4O/c1-26-13-19-6-5-18(10-20(19)14-26)17-4-2-3-16(9-17)12-27-15-25-22-11-24-8-7-21(22)23(27)28/h2-11,13-15H,12H2,1H3. The van der Waals surface area contributed by atoms with Crippen molar-refractivity contribution in [3.63, 3.8) is 0 Å². The number of aryl methyl sites for hydroxylation is 1. The van der Waals surface area contributed by atoms with Crippen LogP contribution in [0.15, 0.2) is 84.4 Å². The molecule has 5 aromatic rings. The summed E-state index contributed by atoms with van der Waals surface area (Å²) < 4.78 is 3.71. The summed E-state index contributed by atoms with van der Waals surface area (Å²) in [6.07, 6.45) is 9.06. The summed E-state index contributed by atoms with van der Waals surface area (Å²) in [5.74, 6) is 0. The second-order valence-corrected chi connectivity index (χ2v) is 7.04. The van der Waals surface area contributed by atoms with Gasteiger partial charge in [0.1, 0.15) is 0 Å². The summed E-state index contributed by atoms with van der Waals surface area (Å²) in [5, 5.41) is 3.03. The summed E-state index contributed by atoms with van der Waals surface area (Å²) in [6, 6.07) is 16.5. The van der Waals surface area contributed by atoms with Crippen LogP contribution in [0.1, 0.15) is 5.56 Å². The number of fused-ring (bicyclic) bond motifs is 2. The summed E-state index contributed by atoms with van der Waals surface area (Å²) in [7, 11) is 2.03. The van der Waals surface area contributed by atoms with Gasteiger partial charge in [-0.2, -0.15) is 0 Å². The summed E-state index contributed by atoms with van der Waals surface area (Å²) in [4.78, 5) is 21.1. The zero-order chi connectivity index (χ0) is 19.1. The highest BCUT2D eigenvalue weighted by molar-refractivity contribution is 5.87. The molecule has 0 bridgehead atoms. The molecule has 5 rings (SSSR count). The molecule has 3 aromatic heterocycles. The molecule has 0 aliphatic carbocycles. The fourth-order valence-electron chi connectivity index (χ4n) is 3.63. The zero-order valence-corrected chi connectivity index (χ0v) is 15.4. The molecule has 2 aromatic carbocycles. The zero-order valence-electron chi connectivity index (χ0n) is 15.4. The largest absolute Gasteiger partial charge is 0.356 e. The molecule has 0 atom stereocenters. The van der Waals surface area contributed by atoms with Crippen LogP contribution in [0.25, 0.3) is 32.8 Å². The topological polar surface area (TPSA) is 52.7 Å². The number of aromatic nitrogens is 4. The Hall–Kier alpha value is -3.73. The Morgan fingerprint density at radius 3 is 2.75 bits per heavy atom. The molecule has 0 radical (unpaired) electrons. The highest BCUT2D eigenvalue weighted by Gasteiger charge is 2.06. The molecule has 0 saturated heterocycles. The molecule has 0 aliphatic heterocycles. The van der Waals surface area contributed by atoms with Gasteiger partial charge in [-0.25, -0.2) is 4.98 Å². The van der Waals surface area contributed by atoms with Gasteiger partial charge in [0.2, 0.25) is 0 Å². The van der Waals surface area contributed by atoms with Gasteiger partial charge >= 0.3 is 0 Å². The van der Waals surface area contributed by atoms with Gasteiger partial charge in [-0.1, -0.05) is 30.3 Å². The number of nitrogens with zero attached hydrogens (tertiary/aromatic N) is 4. The maximum Gasteiger partial charge on any atom is 0.261 e. The van der Waals surface area contributed by atoms with Crippen LogP contribution >= 0.6 is 0 Å². The minimum absolute atomic E-state index is 0.0523. The second-order valence-electron chi connectivity index (χ2n) is 7.04. The SMILES string of the molecule is Cn1cc2ccc(-c3cccc(Cn4cnc5cnccc5c4=O)c3)cc2c1. The summed E-state index contributed by atoms with van der Waals surface area (Å²) >= 11 is 0. The lowest BCUT2D eigenvalue weighted by molar-refractivity contribution is 0.748. The molecular weight excluding hydrogens is 348 g/mol. The van der Waals surface area contributed by atoms with Crippen molar-refractivity contribution < 1.29 is 0 Å². The summed E-state index contributed by atoms with van der Waals surface area (Å²) in [6.45, 7) is 0.478. The Labute approximate surface area is 161 Å². The number of benzene rings is 2. The van der Waals surface area contributed by atoms with Crippen molar-refractivity contribution in [3.8, 4) is 11.1 Å². The lowest BCUT2D eigenvalue weighted by atomic mass is 10.0. The molecule has 0 N–H and O–H groups in total. The van der Waals surface area contributed by atoms with E-state index in [1.54, 1.807) is 29.4 Å². The van der Waals surface area contributed by atoms with Gasteiger partial charge in [0.25, 0.3) is 5.56 Å². The smallest absolute Gasteiger partial charge is 0.261 e. The van der Waals surface area contributed by atoms with Gasteiger partial charge in [0.05, 0.1) is 30.0 Å². The van der Waals surface area contributed by atoms with Gasteiger partial charge in [-0.05, 0) is 45.7 Å². The highest BCUT2D eigenvalue weighted by Crippen LogP contribution is 2.25. The second kappa shape index (κ2) is 6.46. The predicted octanol–water partition coefficient (Wildman–Crippen LogP) is 4.00. The van der Waals surface area contributed by atoms with Crippen LogP contribution < -0.4 is 5.56 Å². The minimum Gasteiger partial charge on any atom is -0.356 e. The average molecular weight is 366 g/mol. The Bertz CT molecular complexity index is 1380. The van der Waals surface area contributed by atoms with Crippen LogP contribution in [0.3, 0.4) is 0 Å². The maximum absolute atomic E-state index is 12.7. The lowest BCUT2D eigenvalue weighted by Gasteiger charge is -2.09. The Morgan fingerprint density at radius 2 is 1.82 bits per heavy atom. The predicted molar refractivity (Wildman–Crippen MR) is 111 cm³/mol. The fraction of sp³-hybridized carbons (Fsp3) is 0.0870. The molecule has 0 aliphatic rings. The van der Waals surface area contributed by atoms with Crippen LogP contribution in [-0.4, -0.2) is 19.1 Å². The lowest BCUT2D eigenvalue weighted by Crippen LogP contribution is -2.21. The molecular formula is C23H18N4O. The van der Waals surface area contributed by atoms with E-state index < -0.39 is 0 Å². The van der Waals surface area contributed by atoms with E-state index in [-0.39, 0.29) is 5.56 Å². The highest BCUT2D eigenvalue weighted by atomic mass is 16.1. The molecule has 28 heavy (non-hydrogen) atoms. The van der Waals surface area contributed by atoms with Crippen LogP contribution in [0, 0.1) is 0 Å². The molecule has 0 amide bonds. The molecule has 0 spiro atoms. The Kier molecular flexibility index (Phi) is 3.79. The monoisotopic (exact) mass is 366 g/mol. The van der Waals surface area contributed by atoms with E-state index in [4.69, 9.17) is 0 Å². The van der Waals surface area contributed by atoms with Crippen LogP contribution in [-0.2, 0) is 13.6 Å². The van der Waals surface area contributed by atoms with Crippen molar-refractivity contribution >= 4 is 21.7 Å². The van der Waals surface area contributed by atoms with E-state index in [0.717, 1.165) is 16.7 Å². The molecule has 0 unspecified atom stereocenters. The molecule has 0 fully saturated rings. The van der Waals surface area contributed by atoms with E-state index in [9.17, 15) is 4.79 Å². The van der Waals surface area contributed by atoms with E-state index in [2.05, 4.69) is 57.3 Å². The van der Waals surface area contributed by atoms with E-state index in [1.807, 2.05) is 19.2 Å².